The number of carbonyl (C=O) groups excluding carboxylic acids is 1. The van der Waals surface area contributed by atoms with E-state index in [1.54, 1.807) is 12.1 Å². The zero-order chi connectivity index (χ0) is 37.5. The van der Waals surface area contributed by atoms with Gasteiger partial charge in [0.05, 0.1) is 11.7 Å². The molecule has 1 fully saturated rings. The van der Waals surface area contributed by atoms with Crippen molar-refractivity contribution in [1.82, 2.24) is 34.7 Å². The number of aromatic nitrogens is 6. The van der Waals surface area contributed by atoms with E-state index >= 15 is 8.78 Å². The number of nitrogens with two attached hydrogens (primary N) is 1. The zero-order valence-electron chi connectivity index (χ0n) is 27.0. The normalized spacial score (nSPS) is 18.1. The first-order chi connectivity index (χ1) is 24.3. The van der Waals surface area contributed by atoms with Gasteiger partial charge in [0.15, 0.2) is 11.3 Å². The number of nitrogens with one attached hydrogen (secondary N) is 1. The van der Waals surface area contributed by atoms with Gasteiger partial charge in [0, 0.05) is 28.7 Å². The third-order valence-corrected chi connectivity index (χ3v) is 9.06. The maximum absolute atomic E-state index is 15.3. The Bertz CT molecular complexity index is 2320. The summed E-state index contributed by atoms with van der Waals surface area (Å²) in [5.41, 5.74) is 2.31. The number of anilines is 1. The van der Waals surface area contributed by atoms with Crippen LogP contribution in [-0.4, -0.2) is 46.0 Å². The molecule has 1 saturated carbocycles. The van der Waals surface area contributed by atoms with Gasteiger partial charge in [-0.3, -0.25) is 13.9 Å². The van der Waals surface area contributed by atoms with Crippen molar-refractivity contribution in [3.05, 3.63) is 93.2 Å². The Morgan fingerprint density at radius 1 is 1.12 bits per heavy atom. The van der Waals surface area contributed by atoms with Crippen LogP contribution >= 0.6 is 11.6 Å². The van der Waals surface area contributed by atoms with E-state index in [-0.39, 0.29) is 52.1 Å². The largest absolute Gasteiger partial charge is 0.435 e. The van der Waals surface area contributed by atoms with E-state index in [4.69, 9.17) is 17.3 Å². The summed E-state index contributed by atoms with van der Waals surface area (Å²) in [7, 11) is 0. The molecule has 1 aromatic carbocycles. The average molecular weight is 747 g/mol. The van der Waals surface area contributed by atoms with Crippen molar-refractivity contribution < 1.29 is 40.6 Å². The second kappa shape index (κ2) is 12.2. The Balaban J connectivity index is 1.36. The molecule has 4 N–H and O–H groups in total. The van der Waals surface area contributed by atoms with Gasteiger partial charge in [0.2, 0.25) is 11.9 Å². The van der Waals surface area contributed by atoms with Crippen LogP contribution in [0.5, 0.6) is 0 Å². The van der Waals surface area contributed by atoms with Crippen LogP contribution in [0.15, 0.2) is 42.5 Å². The van der Waals surface area contributed by atoms with E-state index in [0.717, 1.165) is 12.1 Å². The third kappa shape index (κ3) is 6.41. The fourth-order valence-electron chi connectivity index (χ4n) is 6.60. The molecule has 1 amide bonds. The molecule has 0 radical (unpaired) electrons. The molecular weight excluding hydrogens is 721 g/mol. The highest BCUT2D eigenvalue weighted by molar-refractivity contribution is 6.30. The first-order valence-electron chi connectivity index (χ1n) is 15.7. The summed E-state index contributed by atoms with van der Waals surface area (Å²) in [6, 6.07) is 7.37. The number of nitrogen functional groups attached to an aromatic ring is 1. The molecule has 7 rings (SSSR count). The average Bonchev–Trinajstić information content (AvgIpc) is 3.52. The molecule has 4 aromatic heterocycles. The van der Waals surface area contributed by atoms with Gasteiger partial charge in [0.25, 0.3) is 5.92 Å². The molecule has 3 atom stereocenters. The summed E-state index contributed by atoms with van der Waals surface area (Å²) < 4.78 is 103. The van der Waals surface area contributed by atoms with E-state index in [1.807, 2.05) is 0 Å². The van der Waals surface area contributed by atoms with E-state index in [2.05, 4.69) is 37.4 Å². The Kier molecular flexibility index (Phi) is 8.26. The van der Waals surface area contributed by atoms with Crippen molar-refractivity contribution in [3.8, 4) is 23.0 Å². The summed E-state index contributed by atoms with van der Waals surface area (Å²) in [5.74, 6) is -3.68. The molecule has 0 unspecified atom stereocenters. The van der Waals surface area contributed by atoms with Gasteiger partial charge < -0.3 is 16.2 Å². The summed E-state index contributed by atoms with van der Waals surface area (Å²) in [4.78, 5) is 18.4. The topological polar surface area (TPSA) is 136 Å². The number of fused-ring (bicyclic) bond motifs is 4. The standard InChI is InChI=1S/C34H26ClF7N8O2/c1-32(2,52)8-7-18-3-4-19(20-5-6-24(35)50-30(20)46-47-31(50)43)27(44-18)23(11-15-9-16(36)12-17(37)10-15)45-25(51)14-49-29-26(28(48-49)34(40,41)42)21-13-22(21)33(29,38)39/h3-6,9-10,12,21-23,52H,11,13-14H2,1-2H3,(H2,43,47)(H,45,51)/t21-,22+,23-/m0/s1. The predicted molar refractivity (Wildman–Crippen MR) is 172 cm³/mol. The molecule has 18 heteroatoms. The number of nitrogens with zero attached hydrogens (tertiary/aromatic N) is 6. The van der Waals surface area contributed by atoms with Crippen LogP contribution in [0.4, 0.5) is 36.7 Å². The van der Waals surface area contributed by atoms with Gasteiger partial charge >= 0.3 is 6.18 Å². The van der Waals surface area contributed by atoms with E-state index in [9.17, 15) is 31.9 Å². The van der Waals surface area contributed by atoms with Gasteiger partial charge in [-0.2, -0.15) is 27.1 Å². The molecule has 4 heterocycles. The number of halogens is 8. The van der Waals surface area contributed by atoms with Crippen molar-refractivity contribution in [2.24, 2.45) is 5.92 Å². The lowest BCUT2D eigenvalue weighted by Crippen LogP contribution is -2.35. The van der Waals surface area contributed by atoms with Crippen molar-refractivity contribution in [3.63, 3.8) is 0 Å². The zero-order valence-corrected chi connectivity index (χ0v) is 27.8. The molecule has 0 bridgehead atoms. The van der Waals surface area contributed by atoms with Crippen molar-refractivity contribution in [1.29, 1.82) is 0 Å². The minimum absolute atomic E-state index is 0.0135. The number of amides is 1. The van der Waals surface area contributed by atoms with E-state index < -0.39 is 76.6 Å². The van der Waals surface area contributed by atoms with Crippen LogP contribution in [-0.2, 0) is 29.9 Å². The van der Waals surface area contributed by atoms with Crippen LogP contribution in [0.3, 0.4) is 0 Å². The number of carbonyl (C=O) groups is 1. The van der Waals surface area contributed by atoms with Gasteiger partial charge in [-0.15, -0.1) is 10.2 Å². The number of rotatable bonds is 7. The number of alkyl halides is 5. The molecule has 52 heavy (non-hydrogen) atoms. The summed E-state index contributed by atoms with van der Waals surface area (Å²) in [6.45, 7) is 1.81. The van der Waals surface area contributed by atoms with Crippen LogP contribution in [0.2, 0.25) is 5.15 Å². The summed E-state index contributed by atoms with van der Waals surface area (Å²) in [5, 5.41) is 24.4. The second-order valence-corrected chi connectivity index (χ2v) is 13.6. The fourth-order valence-corrected chi connectivity index (χ4v) is 6.83. The minimum atomic E-state index is -5.05. The van der Waals surface area contributed by atoms with Gasteiger partial charge in [0.1, 0.15) is 40.3 Å². The molecule has 2 aliphatic rings. The molecule has 0 saturated heterocycles. The van der Waals surface area contributed by atoms with Gasteiger partial charge in [-0.05, 0) is 80.5 Å². The first kappa shape index (κ1) is 35.2. The Morgan fingerprint density at radius 3 is 2.48 bits per heavy atom. The number of hydrogen-bond donors (Lipinski definition) is 3. The molecule has 0 spiro atoms. The van der Waals surface area contributed by atoms with Crippen LogP contribution < -0.4 is 11.1 Å². The van der Waals surface area contributed by atoms with Crippen molar-refractivity contribution >= 4 is 29.1 Å². The Labute approximate surface area is 294 Å². The lowest BCUT2D eigenvalue weighted by atomic mass is 9.95. The van der Waals surface area contributed by atoms with Gasteiger partial charge in [-0.1, -0.05) is 17.5 Å². The second-order valence-electron chi connectivity index (χ2n) is 13.2. The molecule has 270 valence electrons. The third-order valence-electron chi connectivity index (χ3n) is 8.76. The maximum Gasteiger partial charge on any atom is 0.435 e. The highest BCUT2D eigenvalue weighted by Crippen LogP contribution is 2.68. The molecule has 2 aliphatic carbocycles. The van der Waals surface area contributed by atoms with Crippen LogP contribution in [0.25, 0.3) is 16.8 Å². The quantitative estimate of drug-likeness (QED) is 0.106. The smallest absolute Gasteiger partial charge is 0.378 e. The predicted octanol–water partition coefficient (Wildman–Crippen LogP) is 5.95. The van der Waals surface area contributed by atoms with Crippen LogP contribution in [0, 0.1) is 29.4 Å². The molecule has 10 nitrogen and oxygen atoms in total. The summed E-state index contributed by atoms with van der Waals surface area (Å²) in [6.07, 6.45) is -5.54. The SMILES string of the molecule is CC(C)(O)C#Cc1ccc(-c2ccc(Cl)n3c(N)nnc23)c([C@H](Cc2cc(F)cc(F)c2)NC(=O)Cn2nc(C(F)(F)F)c3c2C(F)(F)[C@@H]2C[C@H]32)n1. The lowest BCUT2D eigenvalue weighted by Gasteiger charge is -2.23. The van der Waals surface area contributed by atoms with E-state index in [1.165, 1.54) is 30.4 Å². The number of aliphatic hydroxyl groups is 1. The highest BCUT2D eigenvalue weighted by Gasteiger charge is 2.68. The monoisotopic (exact) mass is 746 g/mol. The van der Waals surface area contributed by atoms with Crippen LogP contribution in [0.1, 0.15) is 66.1 Å². The van der Waals surface area contributed by atoms with E-state index in [0.29, 0.717) is 16.3 Å². The maximum atomic E-state index is 15.3. The van der Waals surface area contributed by atoms with Gasteiger partial charge in [-0.25, -0.2) is 13.8 Å². The number of hydrogen-bond acceptors (Lipinski definition) is 7. The number of pyridine rings is 2. The molecule has 5 aromatic rings. The fraction of sp³-hybridized carbons (Fsp3) is 0.324. The minimum Gasteiger partial charge on any atom is -0.378 e. The summed E-state index contributed by atoms with van der Waals surface area (Å²) >= 11 is 6.34. The molecule has 0 aliphatic heterocycles. The lowest BCUT2D eigenvalue weighted by molar-refractivity contribution is -0.142. The van der Waals surface area contributed by atoms with Crippen molar-refractivity contribution in [2.45, 2.75) is 62.9 Å². The van der Waals surface area contributed by atoms with Crippen molar-refractivity contribution in [2.75, 3.05) is 5.73 Å². The Hall–Kier alpha value is -5.21. The first-order valence-corrected chi connectivity index (χ1v) is 16.1. The number of benzene rings is 1. The Morgan fingerprint density at radius 2 is 1.81 bits per heavy atom. The molecular formula is C34H26ClF7N8O2. The highest BCUT2D eigenvalue weighted by atomic mass is 35.5.